The van der Waals surface area contributed by atoms with Gasteiger partial charge in [0, 0.05) is 18.8 Å². The summed E-state index contributed by atoms with van der Waals surface area (Å²) in [6.45, 7) is 4.51. The third kappa shape index (κ3) is 3.58. The number of carbonyl (C=O) groups is 2. The lowest BCUT2D eigenvalue weighted by molar-refractivity contribution is -0.123. The van der Waals surface area contributed by atoms with E-state index in [-0.39, 0.29) is 18.5 Å². The van der Waals surface area contributed by atoms with E-state index in [1.165, 1.54) is 23.4 Å². The van der Waals surface area contributed by atoms with Gasteiger partial charge >= 0.3 is 6.03 Å². The Morgan fingerprint density at radius 3 is 2.48 bits per heavy atom. The molecule has 5 heteroatoms. The minimum atomic E-state index is -0.374. The summed E-state index contributed by atoms with van der Waals surface area (Å²) in [6, 6.07) is 15.4. The first-order valence-electron chi connectivity index (χ1n) is 9.36. The SMILES string of the molecule is Cc1cc(N2CCCC2)ccc1/C=C1\NC(=O)N(Cc2ccccc2)C1=O. The van der Waals surface area contributed by atoms with Crippen molar-refractivity contribution in [3.63, 3.8) is 0 Å². The van der Waals surface area contributed by atoms with Crippen LogP contribution in [-0.4, -0.2) is 29.9 Å². The van der Waals surface area contributed by atoms with Crippen LogP contribution in [0.1, 0.15) is 29.5 Å². The van der Waals surface area contributed by atoms with E-state index in [9.17, 15) is 9.59 Å². The molecular formula is C22H23N3O2. The van der Waals surface area contributed by atoms with Gasteiger partial charge in [-0.25, -0.2) is 4.79 Å². The van der Waals surface area contributed by atoms with Crippen molar-refractivity contribution in [2.45, 2.75) is 26.3 Å². The normalized spacial score (nSPS) is 18.5. The molecule has 0 spiro atoms. The van der Waals surface area contributed by atoms with Gasteiger partial charge in [0.1, 0.15) is 5.70 Å². The van der Waals surface area contributed by atoms with E-state index in [0.717, 1.165) is 29.8 Å². The number of nitrogens with one attached hydrogen (secondary N) is 1. The molecule has 2 aliphatic heterocycles. The average Bonchev–Trinajstić information content (AvgIpc) is 3.29. The number of hydrogen-bond donors (Lipinski definition) is 1. The highest BCUT2D eigenvalue weighted by molar-refractivity contribution is 6.14. The molecule has 3 amide bonds. The summed E-state index contributed by atoms with van der Waals surface area (Å²) in [7, 11) is 0. The summed E-state index contributed by atoms with van der Waals surface area (Å²) in [5.41, 5.74) is 4.51. The number of benzene rings is 2. The monoisotopic (exact) mass is 361 g/mol. The van der Waals surface area contributed by atoms with Crippen molar-refractivity contribution in [3.05, 3.63) is 70.9 Å². The number of aryl methyl sites for hydroxylation is 1. The highest BCUT2D eigenvalue weighted by Crippen LogP contribution is 2.25. The molecule has 0 aliphatic carbocycles. The van der Waals surface area contributed by atoms with Crippen molar-refractivity contribution in [1.29, 1.82) is 0 Å². The fourth-order valence-electron chi connectivity index (χ4n) is 3.63. The number of amides is 3. The molecule has 0 aromatic heterocycles. The van der Waals surface area contributed by atoms with E-state index in [1.54, 1.807) is 6.08 Å². The first-order valence-corrected chi connectivity index (χ1v) is 9.36. The fraction of sp³-hybridized carbons (Fsp3) is 0.273. The minimum absolute atomic E-state index is 0.274. The Hall–Kier alpha value is -3.08. The molecule has 4 rings (SSSR count). The molecule has 2 aromatic rings. The Morgan fingerprint density at radius 2 is 1.78 bits per heavy atom. The second-order valence-corrected chi connectivity index (χ2v) is 7.10. The van der Waals surface area contributed by atoms with Crippen LogP contribution in [0.25, 0.3) is 6.08 Å². The Kier molecular flexibility index (Phi) is 4.67. The zero-order valence-electron chi connectivity index (χ0n) is 15.4. The van der Waals surface area contributed by atoms with Gasteiger partial charge in [-0.1, -0.05) is 36.4 Å². The lowest BCUT2D eigenvalue weighted by Gasteiger charge is -2.18. The van der Waals surface area contributed by atoms with Gasteiger partial charge in [-0.05, 0) is 54.7 Å². The zero-order chi connectivity index (χ0) is 18.8. The van der Waals surface area contributed by atoms with E-state index >= 15 is 0 Å². The van der Waals surface area contributed by atoms with Crippen LogP contribution in [0.3, 0.4) is 0 Å². The van der Waals surface area contributed by atoms with Crippen LogP contribution >= 0.6 is 0 Å². The summed E-state index contributed by atoms with van der Waals surface area (Å²) in [5, 5.41) is 2.71. The Bertz CT molecular complexity index is 899. The number of carbonyl (C=O) groups excluding carboxylic acids is 2. The van der Waals surface area contributed by atoms with Crippen molar-refractivity contribution in [1.82, 2.24) is 10.2 Å². The number of hydrogen-bond acceptors (Lipinski definition) is 3. The fourth-order valence-corrected chi connectivity index (χ4v) is 3.63. The molecule has 0 bridgehead atoms. The van der Waals surface area contributed by atoms with Gasteiger partial charge < -0.3 is 10.2 Å². The predicted octanol–water partition coefficient (Wildman–Crippen LogP) is 3.69. The third-order valence-corrected chi connectivity index (χ3v) is 5.17. The van der Waals surface area contributed by atoms with E-state index in [2.05, 4.69) is 22.3 Å². The quantitative estimate of drug-likeness (QED) is 0.667. The second kappa shape index (κ2) is 7.27. The molecule has 138 valence electrons. The Balaban J connectivity index is 1.53. The topological polar surface area (TPSA) is 52.7 Å². The van der Waals surface area contributed by atoms with Gasteiger partial charge in [0.15, 0.2) is 0 Å². The van der Waals surface area contributed by atoms with Crippen LogP contribution in [0.4, 0.5) is 10.5 Å². The molecular weight excluding hydrogens is 338 g/mol. The number of nitrogens with zero attached hydrogens (tertiary/aromatic N) is 2. The number of imide groups is 1. The second-order valence-electron chi connectivity index (χ2n) is 7.10. The molecule has 0 atom stereocenters. The lowest BCUT2D eigenvalue weighted by atomic mass is 10.1. The van der Waals surface area contributed by atoms with Gasteiger partial charge in [0.05, 0.1) is 6.54 Å². The molecule has 1 N–H and O–H groups in total. The summed E-state index contributed by atoms with van der Waals surface area (Å²) in [4.78, 5) is 28.6. The van der Waals surface area contributed by atoms with Crippen LogP contribution in [0.5, 0.6) is 0 Å². The molecule has 27 heavy (non-hydrogen) atoms. The van der Waals surface area contributed by atoms with E-state index in [0.29, 0.717) is 5.70 Å². The van der Waals surface area contributed by atoms with Gasteiger partial charge in [-0.2, -0.15) is 0 Å². The molecule has 0 saturated carbocycles. The first kappa shape index (κ1) is 17.3. The smallest absolute Gasteiger partial charge is 0.329 e. The maximum atomic E-state index is 12.7. The van der Waals surface area contributed by atoms with E-state index in [1.807, 2.05) is 43.3 Å². The van der Waals surface area contributed by atoms with E-state index in [4.69, 9.17) is 0 Å². The van der Waals surface area contributed by atoms with Crippen LogP contribution < -0.4 is 10.2 Å². The molecule has 2 fully saturated rings. The van der Waals surface area contributed by atoms with Gasteiger partial charge in [-0.15, -0.1) is 0 Å². The van der Waals surface area contributed by atoms with Crippen molar-refractivity contribution in [2.24, 2.45) is 0 Å². The van der Waals surface area contributed by atoms with Crippen molar-refractivity contribution in [2.75, 3.05) is 18.0 Å². The van der Waals surface area contributed by atoms with Gasteiger partial charge in [0.2, 0.25) is 0 Å². The predicted molar refractivity (Wildman–Crippen MR) is 106 cm³/mol. The van der Waals surface area contributed by atoms with Crippen LogP contribution in [0.2, 0.25) is 0 Å². The van der Waals surface area contributed by atoms with Crippen molar-refractivity contribution >= 4 is 23.7 Å². The number of rotatable bonds is 4. The van der Waals surface area contributed by atoms with E-state index < -0.39 is 0 Å². The largest absolute Gasteiger partial charge is 0.372 e. The minimum Gasteiger partial charge on any atom is -0.372 e. The summed E-state index contributed by atoms with van der Waals surface area (Å²) < 4.78 is 0. The first-order chi connectivity index (χ1) is 13.1. The summed E-state index contributed by atoms with van der Waals surface area (Å²) in [5.74, 6) is -0.285. The number of urea groups is 1. The van der Waals surface area contributed by atoms with Crippen molar-refractivity contribution < 1.29 is 9.59 Å². The van der Waals surface area contributed by atoms with Crippen LogP contribution in [0, 0.1) is 6.92 Å². The molecule has 0 radical (unpaired) electrons. The molecule has 0 unspecified atom stereocenters. The van der Waals surface area contributed by atoms with Crippen LogP contribution in [-0.2, 0) is 11.3 Å². The average molecular weight is 361 g/mol. The maximum Gasteiger partial charge on any atom is 0.329 e. The molecule has 2 aromatic carbocycles. The maximum absolute atomic E-state index is 12.7. The Morgan fingerprint density at radius 1 is 1.04 bits per heavy atom. The molecule has 2 saturated heterocycles. The molecule has 2 heterocycles. The Labute approximate surface area is 159 Å². The lowest BCUT2D eigenvalue weighted by Crippen LogP contribution is -2.30. The molecule has 2 aliphatic rings. The highest BCUT2D eigenvalue weighted by Gasteiger charge is 2.33. The zero-order valence-corrected chi connectivity index (χ0v) is 15.4. The van der Waals surface area contributed by atoms with Crippen molar-refractivity contribution in [3.8, 4) is 0 Å². The van der Waals surface area contributed by atoms with Crippen LogP contribution in [0.15, 0.2) is 54.2 Å². The number of anilines is 1. The van der Waals surface area contributed by atoms with Gasteiger partial charge in [-0.3, -0.25) is 9.69 Å². The summed E-state index contributed by atoms with van der Waals surface area (Å²) >= 11 is 0. The third-order valence-electron chi connectivity index (χ3n) is 5.17. The summed E-state index contributed by atoms with van der Waals surface area (Å²) in [6.07, 6.45) is 4.25. The highest BCUT2D eigenvalue weighted by atomic mass is 16.2. The van der Waals surface area contributed by atoms with Gasteiger partial charge in [0.25, 0.3) is 5.91 Å². The standard InChI is InChI=1S/C22H23N3O2/c1-16-13-19(24-11-5-6-12-24)10-9-18(16)14-20-21(26)25(22(27)23-20)15-17-7-3-2-4-8-17/h2-4,7-10,13-14H,5-6,11-12,15H2,1H3,(H,23,27)/b20-14-. The molecule has 5 nitrogen and oxygen atoms in total.